The number of likely N-dealkylation sites (N-methyl/N-ethyl adjacent to an activating group) is 1. The molecule has 2 aromatic carbocycles. The van der Waals surface area contributed by atoms with Crippen LogP contribution in [0.15, 0.2) is 58.8 Å². The number of anilines is 1. The van der Waals surface area contributed by atoms with Crippen molar-refractivity contribution in [2.75, 3.05) is 31.7 Å². The molecule has 8 nitrogen and oxygen atoms in total. The third-order valence-electron chi connectivity index (χ3n) is 3.92. The van der Waals surface area contributed by atoms with Gasteiger partial charge in [-0.25, -0.2) is 9.17 Å². The molecule has 0 saturated heterocycles. The molecule has 0 aliphatic carbocycles. The van der Waals surface area contributed by atoms with E-state index in [1.807, 2.05) is 60.4 Å². The van der Waals surface area contributed by atoms with Gasteiger partial charge in [-0.05, 0) is 43.3 Å². The van der Waals surface area contributed by atoms with E-state index in [2.05, 4.69) is 19.4 Å². The van der Waals surface area contributed by atoms with Gasteiger partial charge in [0.15, 0.2) is 0 Å². The first-order valence-corrected chi connectivity index (χ1v) is 10.7. The quantitative estimate of drug-likeness (QED) is 0.434. The Hall–Kier alpha value is -2.40. The Kier molecular flexibility index (Phi) is 8.21. The average Bonchev–Trinajstić information content (AvgIpc) is 3.13. The largest absolute Gasteiger partial charge is 0.399 e. The third-order valence-corrected chi connectivity index (χ3v) is 5.71. The molecule has 3 rings (SSSR count). The molecule has 0 fully saturated rings. The Bertz CT molecular complexity index is 1020. The lowest BCUT2D eigenvalue weighted by Gasteiger charge is -2.22. The maximum absolute atomic E-state index is 11.2. The Balaban J connectivity index is 0.00000300. The summed E-state index contributed by atoms with van der Waals surface area (Å²) in [5, 5.41) is 9.06. The van der Waals surface area contributed by atoms with Crippen LogP contribution < -0.4 is 4.90 Å². The molecule has 0 aliphatic heterocycles. The van der Waals surface area contributed by atoms with Crippen molar-refractivity contribution in [1.29, 1.82) is 0 Å². The van der Waals surface area contributed by atoms with Crippen LogP contribution in [0.1, 0.15) is 14.4 Å². The van der Waals surface area contributed by atoms with Gasteiger partial charge in [-0.2, -0.15) is 8.42 Å². The number of hydrogen-bond donors (Lipinski definition) is 0. The zero-order valence-electron chi connectivity index (χ0n) is 15.5. The van der Waals surface area contributed by atoms with Crippen molar-refractivity contribution in [3.05, 3.63) is 48.5 Å². The van der Waals surface area contributed by atoms with Crippen LogP contribution in [0.3, 0.4) is 0 Å². The van der Waals surface area contributed by atoms with E-state index in [-0.39, 0.29) is 14.0 Å². The molecule has 29 heavy (non-hydrogen) atoms. The van der Waals surface area contributed by atoms with Crippen LogP contribution in [0.25, 0.3) is 10.2 Å². The van der Waals surface area contributed by atoms with Crippen molar-refractivity contribution in [2.45, 2.75) is 14.4 Å². The number of nitrogens with zero attached hydrogens (tertiary/aromatic N) is 4. The van der Waals surface area contributed by atoms with Crippen molar-refractivity contribution in [2.24, 2.45) is 10.2 Å². The van der Waals surface area contributed by atoms with Crippen LogP contribution in [-0.2, 0) is 18.8 Å². The Labute approximate surface area is 175 Å². The first-order chi connectivity index (χ1) is 13.5. The van der Waals surface area contributed by atoms with Crippen molar-refractivity contribution in [3.8, 4) is 0 Å². The Morgan fingerprint density at radius 3 is 2.48 bits per heavy atom. The van der Waals surface area contributed by atoms with Gasteiger partial charge in [0.2, 0.25) is 5.13 Å². The maximum Gasteiger partial charge on any atom is 0.399 e. The van der Waals surface area contributed by atoms with E-state index in [4.69, 9.17) is 4.18 Å². The van der Waals surface area contributed by atoms with E-state index in [9.17, 15) is 8.42 Å². The summed E-state index contributed by atoms with van der Waals surface area (Å²) < 4.78 is 32.5. The second-order valence-corrected chi connectivity index (χ2v) is 8.05. The molecule has 3 aromatic rings. The van der Waals surface area contributed by atoms with Crippen LogP contribution in [-0.4, -0.2) is 40.2 Å². The SMILES string of the molecule is C.CCN(CCOS(=O)(=O)OC)c1ccc(N=Nc2nc3ccccc3s2)cc1. The summed E-state index contributed by atoms with van der Waals surface area (Å²) in [6.07, 6.45) is 0. The van der Waals surface area contributed by atoms with Crippen LogP contribution in [0.2, 0.25) is 0 Å². The minimum absolute atomic E-state index is 0. The molecule has 10 heteroatoms. The minimum atomic E-state index is -3.91. The van der Waals surface area contributed by atoms with Crippen molar-refractivity contribution in [3.63, 3.8) is 0 Å². The zero-order chi connectivity index (χ0) is 20.0. The summed E-state index contributed by atoms with van der Waals surface area (Å²) in [6, 6.07) is 15.4. The number of para-hydroxylation sites is 1. The predicted molar refractivity (Wildman–Crippen MR) is 117 cm³/mol. The van der Waals surface area contributed by atoms with E-state index in [1.165, 1.54) is 11.3 Å². The number of azo groups is 1. The summed E-state index contributed by atoms with van der Waals surface area (Å²) in [7, 11) is -2.85. The molecule has 1 heterocycles. The van der Waals surface area contributed by atoms with Gasteiger partial charge in [-0.3, -0.25) is 4.18 Å². The lowest BCUT2D eigenvalue weighted by Crippen LogP contribution is -2.28. The molecule has 0 spiro atoms. The van der Waals surface area contributed by atoms with E-state index < -0.39 is 10.4 Å². The van der Waals surface area contributed by atoms with Crippen LogP contribution >= 0.6 is 11.3 Å². The first-order valence-electron chi connectivity index (χ1n) is 8.58. The fourth-order valence-electron chi connectivity index (χ4n) is 2.50. The summed E-state index contributed by atoms with van der Waals surface area (Å²) in [6.45, 7) is 3.09. The van der Waals surface area contributed by atoms with Crippen molar-refractivity contribution < 1.29 is 16.8 Å². The maximum atomic E-state index is 11.2. The molecule has 0 aliphatic rings. The van der Waals surface area contributed by atoms with Crippen LogP contribution in [0.5, 0.6) is 0 Å². The lowest BCUT2D eigenvalue weighted by molar-refractivity contribution is 0.248. The topological polar surface area (TPSA) is 93.5 Å². The average molecular weight is 437 g/mol. The highest BCUT2D eigenvalue weighted by Gasteiger charge is 2.11. The monoisotopic (exact) mass is 436 g/mol. The highest BCUT2D eigenvalue weighted by Crippen LogP contribution is 2.29. The van der Waals surface area contributed by atoms with Crippen LogP contribution in [0.4, 0.5) is 16.5 Å². The van der Waals surface area contributed by atoms with Gasteiger partial charge in [0.05, 0.1) is 29.6 Å². The summed E-state index contributed by atoms with van der Waals surface area (Å²) in [5.41, 5.74) is 2.55. The molecule has 0 bridgehead atoms. The minimum Gasteiger partial charge on any atom is -0.369 e. The fourth-order valence-corrected chi connectivity index (χ4v) is 3.66. The third kappa shape index (κ3) is 6.29. The molecule has 1 aromatic heterocycles. The molecule has 0 N–H and O–H groups in total. The Morgan fingerprint density at radius 1 is 1.10 bits per heavy atom. The molecule has 0 amide bonds. The van der Waals surface area contributed by atoms with Gasteiger partial charge < -0.3 is 4.90 Å². The number of thiazole rings is 1. The molecule has 0 saturated carbocycles. The zero-order valence-corrected chi connectivity index (χ0v) is 17.1. The van der Waals surface area contributed by atoms with E-state index >= 15 is 0 Å². The fraction of sp³-hybridized carbons (Fsp3) is 0.316. The molecule has 0 atom stereocenters. The van der Waals surface area contributed by atoms with Crippen LogP contribution in [0, 0.1) is 0 Å². The molecule has 156 valence electrons. The highest BCUT2D eigenvalue weighted by molar-refractivity contribution is 7.81. The molecule has 0 unspecified atom stereocenters. The van der Waals surface area contributed by atoms with Crippen molar-refractivity contribution >= 4 is 48.5 Å². The number of aromatic nitrogens is 1. The van der Waals surface area contributed by atoms with Gasteiger partial charge in [-0.15, -0.1) is 10.2 Å². The van der Waals surface area contributed by atoms with Gasteiger partial charge >= 0.3 is 10.4 Å². The smallest absolute Gasteiger partial charge is 0.369 e. The molecule has 0 radical (unpaired) electrons. The standard InChI is InChI=1S/C18H20N4O4S2.CH4/c1-3-22(12-13-26-28(23,24)25-2)15-10-8-14(9-11-15)20-21-18-19-16-6-4-5-7-17(16)27-18;/h4-11H,3,12-13H2,1-2H3;1H4. The second kappa shape index (κ2) is 10.4. The van der Waals surface area contributed by atoms with Gasteiger partial charge in [0, 0.05) is 18.8 Å². The summed E-state index contributed by atoms with van der Waals surface area (Å²) in [5.74, 6) is 0. The molecular weight excluding hydrogens is 412 g/mol. The summed E-state index contributed by atoms with van der Waals surface area (Å²) in [4.78, 5) is 6.41. The van der Waals surface area contributed by atoms with Gasteiger partial charge in [0.25, 0.3) is 0 Å². The Morgan fingerprint density at radius 2 is 1.83 bits per heavy atom. The number of hydrogen-bond acceptors (Lipinski definition) is 9. The number of fused-ring (bicyclic) bond motifs is 1. The number of rotatable bonds is 9. The predicted octanol–water partition coefficient (Wildman–Crippen LogP) is 5.08. The van der Waals surface area contributed by atoms with E-state index in [1.54, 1.807) is 0 Å². The highest BCUT2D eigenvalue weighted by atomic mass is 32.3. The second-order valence-electron chi connectivity index (χ2n) is 5.66. The van der Waals surface area contributed by atoms with E-state index in [0.29, 0.717) is 23.9 Å². The normalized spacial score (nSPS) is 11.7. The number of benzene rings is 2. The lowest BCUT2D eigenvalue weighted by atomic mass is 10.2. The summed E-state index contributed by atoms with van der Waals surface area (Å²) >= 11 is 1.49. The van der Waals surface area contributed by atoms with Crippen molar-refractivity contribution in [1.82, 2.24) is 4.98 Å². The molecular formula is C19H24N4O4S2. The van der Waals surface area contributed by atoms with Gasteiger partial charge in [0.1, 0.15) is 0 Å². The van der Waals surface area contributed by atoms with Gasteiger partial charge in [-0.1, -0.05) is 30.9 Å². The first kappa shape index (κ1) is 22.9. The van der Waals surface area contributed by atoms with E-state index in [0.717, 1.165) is 23.0 Å².